The predicted octanol–water partition coefficient (Wildman–Crippen LogP) is 2.50. The molecule has 0 amide bonds. The molecule has 0 unspecified atom stereocenters. The Morgan fingerprint density at radius 1 is 1.38 bits per heavy atom. The van der Waals surface area contributed by atoms with Gasteiger partial charge < -0.3 is 10.5 Å². The fraction of sp³-hybridized carbons (Fsp3) is 0.455. The van der Waals surface area contributed by atoms with Crippen LogP contribution in [-0.2, 0) is 11.3 Å². The molecule has 0 fully saturated rings. The Balaban J connectivity index is 2.63. The molecule has 0 aliphatic heterocycles. The highest BCUT2D eigenvalue weighted by Crippen LogP contribution is 2.13. The van der Waals surface area contributed by atoms with E-state index in [2.05, 4.69) is 6.07 Å². The third-order valence-electron chi connectivity index (χ3n) is 1.92. The first-order chi connectivity index (χ1) is 6.09. The van der Waals surface area contributed by atoms with E-state index in [1.54, 1.807) is 0 Å². The molecule has 1 aromatic carbocycles. The number of nitrogen functional groups attached to an aromatic ring is 1. The monoisotopic (exact) mass is 179 g/mol. The average Bonchev–Trinajstić information content (AvgIpc) is 2.07. The summed E-state index contributed by atoms with van der Waals surface area (Å²) in [5, 5.41) is 0. The molecule has 0 bridgehead atoms. The standard InChI is InChI=1S/C11H17NO/c1-8(2)13-7-10-4-5-11(12)9(3)6-10/h4-6,8H,7,12H2,1-3H3. The van der Waals surface area contributed by atoms with Crippen LogP contribution >= 0.6 is 0 Å². The van der Waals surface area contributed by atoms with E-state index in [9.17, 15) is 0 Å². The van der Waals surface area contributed by atoms with E-state index in [4.69, 9.17) is 10.5 Å². The molecule has 1 rings (SSSR count). The third kappa shape index (κ3) is 3.07. The van der Waals surface area contributed by atoms with Crippen molar-refractivity contribution in [2.45, 2.75) is 33.5 Å². The Morgan fingerprint density at radius 3 is 2.62 bits per heavy atom. The van der Waals surface area contributed by atoms with Gasteiger partial charge in [-0.1, -0.05) is 12.1 Å². The van der Waals surface area contributed by atoms with Crippen LogP contribution < -0.4 is 5.73 Å². The second-order valence-electron chi connectivity index (χ2n) is 3.55. The van der Waals surface area contributed by atoms with E-state index in [1.807, 2.05) is 32.9 Å². The Bertz CT molecular complexity index is 281. The van der Waals surface area contributed by atoms with Crippen molar-refractivity contribution in [1.29, 1.82) is 0 Å². The van der Waals surface area contributed by atoms with Gasteiger partial charge in [0.05, 0.1) is 12.7 Å². The molecule has 1 aromatic rings. The van der Waals surface area contributed by atoms with E-state index in [0.29, 0.717) is 6.61 Å². The Morgan fingerprint density at radius 2 is 2.08 bits per heavy atom. The van der Waals surface area contributed by atoms with E-state index < -0.39 is 0 Å². The Labute approximate surface area is 79.7 Å². The lowest BCUT2D eigenvalue weighted by molar-refractivity contribution is 0.0657. The zero-order chi connectivity index (χ0) is 9.84. The molecule has 2 N–H and O–H groups in total. The van der Waals surface area contributed by atoms with Crippen LogP contribution in [0.1, 0.15) is 25.0 Å². The molecule has 0 saturated carbocycles. The number of anilines is 1. The van der Waals surface area contributed by atoms with E-state index in [0.717, 1.165) is 11.3 Å². The fourth-order valence-electron chi connectivity index (χ4n) is 1.09. The fourth-order valence-corrected chi connectivity index (χ4v) is 1.09. The minimum Gasteiger partial charge on any atom is -0.399 e. The lowest BCUT2D eigenvalue weighted by atomic mass is 10.1. The molecule has 0 saturated heterocycles. The molecule has 0 aliphatic rings. The SMILES string of the molecule is Cc1cc(COC(C)C)ccc1N. The first-order valence-electron chi connectivity index (χ1n) is 4.56. The van der Waals surface area contributed by atoms with E-state index in [-0.39, 0.29) is 6.10 Å². The molecule has 2 heteroatoms. The molecule has 0 aromatic heterocycles. The summed E-state index contributed by atoms with van der Waals surface area (Å²) in [6.07, 6.45) is 0.276. The van der Waals surface area contributed by atoms with Gasteiger partial charge >= 0.3 is 0 Å². The molecule has 0 aliphatic carbocycles. The normalized spacial score (nSPS) is 10.8. The lowest BCUT2D eigenvalue weighted by Crippen LogP contribution is -2.02. The van der Waals surface area contributed by atoms with Crippen LogP contribution in [-0.4, -0.2) is 6.10 Å². The molecule has 0 radical (unpaired) electrons. The molecule has 13 heavy (non-hydrogen) atoms. The predicted molar refractivity (Wildman–Crippen MR) is 55.5 cm³/mol. The summed E-state index contributed by atoms with van der Waals surface area (Å²) in [7, 11) is 0. The minimum absolute atomic E-state index is 0.276. The van der Waals surface area contributed by atoms with Gasteiger partial charge in [0.1, 0.15) is 0 Å². The summed E-state index contributed by atoms with van der Waals surface area (Å²) in [5.74, 6) is 0. The van der Waals surface area contributed by atoms with Crippen molar-refractivity contribution >= 4 is 5.69 Å². The van der Waals surface area contributed by atoms with Gasteiger partial charge in [-0.3, -0.25) is 0 Å². The molecule has 0 atom stereocenters. The van der Waals surface area contributed by atoms with Gasteiger partial charge in [-0.25, -0.2) is 0 Å². The highest BCUT2D eigenvalue weighted by Gasteiger charge is 1.98. The number of rotatable bonds is 3. The van der Waals surface area contributed by atoms with E-state index >= 15 is 0 Å². The quantitative estimate of drug-likeness (QED) is 0.723. The molecular formula is C11H17NO. The number of hydrogen-bond acceptors (Lipinski definition) is 2. The van der Waals surface area contributed by atoms with Crippen LogP contribution in [0.25, 0.3) is 0 Å². The second kappa shape index (κ2) is 4.28. The van der Waals surface area contributed by atoms with Gasteiger partial charge in [-0.15, -0.1) is 0 Å². The maximum absolute atomic E-state index is 5.70. The van der Waals surface area contributed by atoms with Crippen LogP contribution in [0, 0.1) is 6.92 Å². The number of aryl methyl sites for hydroxylation is 1. The van der Waals surface area contributed by atoms with Gasteiger partial charge in [0.15, 0.2) is 0 Å². The van der Waals surface area contributed by atoms with Crippen molar-refractivity contribution in [1.82, 2.24) is 0 Å². The highest BCUT2D eigenvalue weighted by molar-refractivity contribution is 5.47. The van der Waals surface area contributed by atoms with Gasteiger partial charge in [0.25, 0.3) is 0 Å². The second-order valence-corrected chi connectivity index (χ2v) is 3.55. The average molecular weight is 179 g/mol. The van der Waals surface area contributed by atoms with E-state index in [1.165, 1.54) is 5.56 Å². The van der Waals surface area contributed by atoms with Gasteiger partial charge in [0, 0.05) is 5.69 Å². The number of nitrogens with two attached hydrogens (primary N) is 1. The molecule has 72 valence electrons. The molecule has 2 nitrogen and oxygen atoms in total. The third-order valence-corrected chi connectivity index (χ3v) is 1.92. The van der Waals surface area contributed by atoms with Gasteiger partial charge in [0.2, 0.25) is 0 Å². The molecule has 0 heterocycles. The van der Waals surface area contributed by atoms with Gasteiger partial charge in [-0.2, -0.15) is 0 Å². The highest BCUT2D eigenvalue weighted by atomic mass is 16.5. The summed E-state index contributed by atoms with van der Waals surface area (Å²) >= 11 is 0. The van der Waals surface area contributed by atoms with Gasteiger partial charge in [-0.05, 0) is 38.0 Å². The summed E-state index contributed by atoms with van der Waals surface area (Å²) in [5.41, 5.74) is 8.84. The summed E-state index contributed by atoms with van der Waals surface area (Å²) in [6.45, 7) is 6.74. The van der Waals surface area contributed by atoms with Crippen molar-refractivity contribution in [3.63, 3.8) is 0 Å². The van der Waals surface area contributed by atoms with Crippen molar-refractivity contribution in [2.24, 2.45) is 0 Å². The first-order valence-corrected chi connectivity index (χ1v) is 4.56. The number of hydrogen-bond donors (Lipinski definition) is 1. The number of benzene rings is 1. The summed E-state index contributed by atoms with van der Waals surface area (Å²) in [6, 6.07) is 6.00. The number of ether oxygens (including phenoxy) is 1. The molecular weight excluding hydrogens is 162 g/mol. The van der Waals surface area contributed by atoms with Crippen molar-refractivity contribution < 1.29 is 4.74 Å². The maximum atomic E-state index is 5.70. The van der Waals surface area contributed by atoms with Crippen LogP contribution in [0.3, 0.4) is 0 Å². The molecule has 0 spiro atoms. The summed E-state index contributed by atoms with van der Waals surface area (Å²) < 4.78 is 5.48. The van der Waals surface area contributed by atoms with Crippen LogP contribution in [0.15, 0.2) is 18.2 Å². The van der Waals surface area contributed by atoms with Crippen LogP contribution in [0.5, 0.6) is 0 Å². The van der Waals surface area contributed by atoms with Crippen molar-refractivity contribution in [3.8, 4) is 0 Å². The van der Waals surface area contributed by atoms with Crippen LogP contribution in [0.2, 0.25) is 0 Å². The lowest BCUT2D eigenvalue weighted by Gasteiger charge is -2.08. The zero-order valence-corrected chi connectivity index (χ0v) is 8.50. The van der Waals surface area contributed by atoms with Crippen molar-refractivity contribution in [3.05, 3.63) is 29.3 Å². The largest absolute Gasteiger partial charge is 0.399 e. The maximum Gasteiger partial charge on any atom is 0.0720 e. The Kier molecular flexibility index (Phi) is 3.32. The zero-order valence-electron chi connectivity index (χ0n) is 8.50. The minimum atomic E-state index is 0.276. The topological polar surface area (TPSA) is 35.2 Å². The first kappa shape index (κ1) is 10.1. The van der Waals surface area contributed by atoms with Crippen LogP contribution in [0.4, 0.5) is 5.69 Å². The van der Waals surface area contributed by atoms with Crippen molar-refractivity contribution in [2.75, 3.05) is 5.73 Å². The summed E-state index contributed by atoms with van der Waals surface area (Å²) in [4.78, 5) is 0. The Hall–Kier alpha value is -1.02. The smallest absolute Gasteiger partial charge is 0.0720 e.